The Morgan fingerprint density at radius 2 is 1.95 bits per heavy atom. The van der Waals surface area contributed by atoms with E-state index in [-0.39, 0.29) is 0 Å². The van der Waals surface area contributed by atoms with Crippen LogP contribution in [-0.4, -0.2) is 64.6 Å². The largest absolute Gasteiger partial charge is 0.383 e. The zero-order chi connectivity index (χ0) is 14.1. The van der Waals surface area contributed by atoms with Crippen LogP contribution in [0.2, 0.25) is 0 Å². The number of ether oxygens (including phenoxy) is 2. The lowest BCUT2D eigenvalue weighted by molar-refractivity contribution is 0.0552. The molecule has 1 aliphatic rings. The van der Waals surface area contributed by atoms with Crippen LogP contribution in [0.3, 0.4) is 0 Å². The van der Waals surface area contributed by atoms with Gasteiger partial charge in [0.05, 0.1) is 13.2 Å². The first-order valence-electron chi connectivity index (χ1n) is 7.62. The van der Waals surface area contributed by atoms with E-state index >= 15 is 0 Å². The number of rotatable bonds is 9. The normalized spacial score (nSPS) is 25.7. The van der Waals surface area contributed by atoms with Gasteiger partial charge in [-0.05, 0) is 32.7 Å². The number of nitrogens with one attached hydrogen (secondary N) is 1. The lowest BCUT2D eigenvalue weighted by atomic mass is 9.84. The van der Waals surface area contributed by atoms with Gasteiger partial charge in [0.2, 0.25) is 0 Å². The molecule has 1 rings (SSSR count). The molecule has 3 unspecified atom stereocenters. The average Bonchev–Trinajstić information content (AvgIpc) is 2.44. The fourth-order valence-corrected chi connectivity index (χ4v) is 3.15. The highest BCUT2D eigenvalue weighted by atomic mass is 16.5. The molecule has 0 aromatic heterocycles. The third-order valence-corrected chi connectivity index (χ3v) is 4.36. The Bertz CT molecular complexity index is 226. The second kappa shape index (κ2) is 9.70. The van der Waals surface area contributed by atoms with Crippen molar-refractivity contribution in [3.63, 3.8) is 0 Å². The monoisotopic (exact) mass is 272 g/mol. The van der Waals surface area contributed by atoms with Gasteiger partial charge >= 0.3 is 0 Å². The number of nitrogens with zero attached hydrogens (tertiary/aromatic N) is 1. The molecule has 1 aliphatic carbocycles. The van der Waals surface area contributed by atoms with Crippen molar-refractivity contribution in [2.75, 3.05) is 47.6 Å². The van der Waals surface area contributed by atoms with Crippen LogP contribution in [0.5, 0.6) is 0 Å². The minimum atomic E-state index is 0.458. The standard InChI is InChI=1S/C15H32N2O2/c1-13(12-19-4)17(9-10-18-3)11-14-7-5-6-8-15(14)16-2/h13-16H,5-12H2,1-4H3. The lowest BCUT2D eigenvalue weighted by Crippen LogP contribution is -2.47. The SMILES string of the molecule is CNC1CCCCC1CN(CCOC)C(C)COC. The molecule has 0 bridgehead atoms. The molecule has 0 spiro atoms. The molecule has 19 heavy (non-hydrogen) atoms. The van der Waals surface area contributed by atoms with Gasteiger partial charge in [-0.25, -0.2) is 0 Å². The maximum atomic E-state index is 5.31. The van der Waals surface area contributed by atoms with Crippen molar-refractivity contribution in [3.8, 4) is 0 Å². The van der Waals surface area contributed by atoms with Crippen LogP contribution in [0.15, 0.2) is 0 Å². The Morgan fingerprint density at radius 1 is 1.21 bits per heavy atom. The molecule has 0 heterocycles. The molecule has 0 saturated heterocycles. The summed E-state index contributed by atoms with van der Waals surface area (Å²) in [4.78, 5) is 2.52. The molecule has 0 aromatic carbocycles. The summed E-state index contributed by atoms with van der Waals surface area (Å²) in [6.45, 7) is 5.98. The minimum absolute atomic E-state index is 0.458. The van der Waals surface area contributed by atoms with Gasteiger partial charge in [0.25, 0.3) is 0 Å². The summed E-state index contributed by atoms with van der Waals surface area (Å²) in [7, 11) is 5.65. The van der Waals surface area contributed by atoms with Crippen LogP contribution >= 0.6 is 0 Å². The van der Waals surface area contributed by atoms with Crippen molar-refractivity contribution in [2.24, 2.45) is 5.92 Å². The van der Waals surface area contributed by atoms with E-state index in [0.29, 0.717) is 12.1 Å². The Kier molecular flexibility index (Phi) is 8.62. The number of hydrogen-bond donors (Lipinski definition) is 1. The summed E-state index contributed by atoms with van der Waals surface area (Å²) < 4.78 is 10.6. The van der Waals surface area contributed by atoms with Crippen LogP contribution in [0.1, 0.15) is 32.6 Å². The van der Waals surface area contributed by atoms with Crippen molar-refractivity contribution in [1.82, 2.24) is 10.2 Å². The van der Waals surface area contributed by atoms with Gasteiger partial charge in [0.1, 0.15) is 0 Å². The van der Waals surface area contributed by atoms with E-state index in [0.717, 1.165) is 32.2 Å². The topological polar surface area (TPSA) is 33.7 Å². The molecule has 4 heteroatoms. The third kappa shape index (κ3) is 5.78. The smallest absolute Gasteiger partial charge is 0.0615 e. The maximum absolute atomic E-state index is 5.31. The van der Waals surface area contributed by atoms with E-state index < -0.39 is 0 Å². The third-order valence-electron chi connectivity index (χ3n) is 4.36. The molecule has 0 amide bonds. The molecular formula is C15H32N2O2. The van der Waals surface area contributed by atoms with E-state index in [4.69, 9.17) is 9.47 Å². The summed E-state index contributed by atoms with van der Waals surface area (Å²) in [5, 5.41) is 3.50. The molecule has 1 fully saturated rings. The minimum Gasteiger partial charge on any atom is -0.383 e. The van der Waals surface area contributed by atoms with Gasteiger partial charge in [0.15, 0.2) is 0 Å². The molecule has 114 valence electrons. The molecule has 1 saturated carbocycles. The summed E-state index contributed by atoms with van der Waals surface area (Å²) in [5.41, 5.74) is 0. The Morgan fingerprint density at radius 3 is 2.58 bits per heavy atom. The van der Waals surface area contributed by atoms with Crippen molar-refractivity contribution >= 4 is 0 Å². The molecule has 3 atom stereocenters. The zero-order valence-electron chi connectivity index (χ0n) is 13.2. The van der Waals surface area contributed by atoms with Crippen LogP contribution < -0.4 is 5.32 Å². The first kappa shape index (κ1) is 16.9. The van der Waals surface area contributed by atoms with Gasteiger partial charge in [-0.3, -0.25) is 4.90 Å². The van der Waals surface area contributed by atoms with E-state index in [1.807, 2.05) is 0 Å². The molecule has 4 nitrogen and oxygen atoms in total. The van der Waals surface area contributed by atoms with Crippen LogP contribution in [0.25, 0.3) is 0 Å². The lowest BCUT2D eigenvalue weighted by Gasteiger charge is -2.37. The number of methoxy groups -OCH3 is 2. The van der Waals surface area contributed by atoms with Crippen molar-refractivity contribution < 1.29 is 9.47 Å². The van der Waals surface area contributed by atoms with Gasteiger partial charge in [0, 0.05) is 39.4 Å². The predicted octanol–water partition coefficient (Wildman–Crippen LogP) is 1.75. The van der Waals surface area contributed by atoms with Crippen LogP contribution in [-0.2, 0) is 9.47 Å². The fraction of sp³-hybridized carbons (Fsp3) is 1.00. The van der Waals surface area contributed by atoms with Gasteiger partial charge < -0.3 is 14.8 Å². The second-order valence-corrected chi connectivity index (χ2v) is 5.73. The van der Waals surface area contributed by atoms with Gasteiger partial charge in [-0.1, -0.05) is 12.8 Å². The van der Waals surface area contributed by atoms with Gasteiger partial charge in [-0.15, -0.1) is 0 Å². The highest BCUT2D eigenvalue weighted by Crippen LogP contribution is 2.25. The Hall–Kier alpha value is -0.160. The summed E-state index contributed by atoms with van der Waals surface area (Å²) in [6, 6.07) is 1.13. The summed E-state index contributed by atoms with van der Waals surface area (Å²) in [6.07, 6.45) is 5.40. The van der Waals surface area contributed by atoms with Crippen molar-refractivity contribution in [1.29, 1.82) is 0 Å². The maximum Gasteiger partial charge on any atom is 0.0615 e. The Labute approximate surface area is 118 Å². The van der Waals surface area contributed by atoms with E-state index in [2.05, 4.69) is 24.2 Å². The van der Waals surface area contributed by atoms with Crippen LogP contribution in [0, 0.1) is 5.92 Å². The van der Waals surface area contributed by atoms with Crippen molar-refractivity contribution in [2.45, 2.75) is 44.7 Å². The first-order chi connectivity index (χ1) is 9.22. The van der Waals surface area contributed by atoms with E-state index in [1.54, 1.807) is 14.2 Å². The Balaban J connectivity index is 2.53. The zero-order valence-corrected chi connectivity index (χ0v) is 13.2. The second-order valence-electron chi connectivity index (χ2n) is 5.73. The quantitative estimate of drug-likeness (QED) is 0.693. The predicted molar refractivity (Wildman–Crippen MR) is 79.6 cm³/mol. The summed E-state index contributed by atoms with van der Waals surface area (Å²) in [5.74, 6) is 0.759. The highest BCUT2D eigenvalue weighted by molar-refractivity contribution is 4.83. The molecule has 1 N–H and O–H groups in total. The molecule has 0 radical (unpaired) electrons. The van der Waals surface area contributed by atoms with Crippen LogP contribution in [0.4, 0.5) is 0 Å². The highest BCUT2D eigenvalue weighted by Gasteiger charge is 2.27. The van der Waals surface area contributed by atoms with Gasteiger partial charge in [-0.2, -0.15) is 0 Å². The fourth-order valence-electron chi connectivity index (χ4n) is 3.15. The summed E-state index contributed by atoms with van der Waals surface area (Å²) >= 11 is 0. The van der Waals surface area contributed by atoms with E-state index in [9.17, 15) is 0 Å². The van der Waals surface area contributed by atoms with Crippen molar-refractivity contribution in [3.05, 3.63) is 0 Å². The molecule has 0 aromatic rings. The molecular weight excluding hydrogens is 240 g/mol. The average molecular weight is 272 g/mol. The molecule has 0 aliphatic heterocycles. The first-order valence-corrected chi connectivity index (χ1v) is 7.62. The number of hydrogen-bond acceptors (Lipinski definition) is 4. The van der Waals surface area contributed by atoms with E-state index in [1.165, 1.54) is 25.7 Å².